The first kappa shape index (κ1) is 24.3. The molecule has 2 N–H and O–H groups in total. The fourth-order valence-corrected chi connectivity index (χ4v) is 4.02. The second-order valence-electron chi connectivity index (χ2n) is 8.70. The Balaban J connectivity index is 1.13. The molecule has 0 atom stereocenters. The zero-order valence-corrected chi connectivity index (χ0v) is 20.2. The average molecular weight is 498 g/mol. The van der Waals surface area contributed by atoms with E-state index in [1.54, 1.807) is 18.2 Å². The molecule has 5 rings (SSSR count). The van der Waals surface area contributed by atoms with Gasteiger partial charge < -0.3 is 4.74 Å². The lowest BCUT2D eigenvalue weighted by atomic mass is 10.1. The Kier molecular flexibility index (Phi) is 7.58. The minimum absolute atomic E-state index is 0.375. The quantitative estimate of drug-likeness (QED) is 0.377. The van der Waals surface area contributed by atoms with Gasteiger partial charge in [0.05, 0.1) is 19.8 Å². The normalized spacial score (nSPS) is 13.7. The number of carbonyl (C=O) groups excluding carboxylic acids is 2. The van der Waals surface area contributed by atoms with Crippen LogP contribution in [0.3, 0.4) is 0 Å². The van der Waals surface area contributed by atoms with E-state index in [0.29, 0.717) is 23.5 Å². The summed E-state index contributed by atoms with van der Waals surface area (Å²) in [6.07, 6.45) is 0. The monoisotopic (exact) mass is 497 g/mol. The molecule has 4 aromatic rings. The fourth-order valence-electron chi connectivity index (χ4n) is 4.02. The molecule has 10 heteroatoms. The molecule has 1 aromatic heterocycles. The molecule has 1 aliphatic rings. The number of benzene rings is 3. The number of hydrazine groups is 1. The predicted molar refractivity (Wildman–Crippen MR) is 136 cm³/mol. The number of amides is 2. The van der Waals surface area contributed by atoms with E-state index in [-0.39, 0.29) is 5.91 Å². The van der Waals surface area contributed by atoms with Gasteiger partial charge in [0.25, 0.3) is 11.8 Å². The van der Waals surface area contributed by atoms with E-state index >= 15 is 0 Å². The Hall–Kier alpha value is -4.41. The standard InChI is InChI=1S/C27H27N7O3/c35-26(29-30-27(36)24-8-4-5-21(17-24)18-33-13-15-37-16-14-33)23-11-9-20(10-12-23)19-34-31-25(28-32-34)22-6-2-1-3-7-22/h1-12,17H,13-16,18-19H2,(H,29,35)(H,30,36). The molecule has 0 radical (unpaired) electrons. The Labute approximate surface area is 214 Å². The van der Waals surface area contributed by atoms with Crippen LogP contribution in [0.1, 0.15) is 31.8 Å². The first-order valence-electron chi connectivity index (χ1n) is 12.1. The lowest BCUT2D eigenvalue weighted by molar-refractivity contribution is 0.0342. The first-order valence-corrected chi connectivity index (χ1v) is 12.1. The minimum Gasteiger partial charge on any atom is -0.379 e. The third-order valence-corrected chi connectivity index (χ3v) is 6.01. The molecule has 10 nitrogen and oxygen atoms in total. The number of hydrogen-bond donors (Lipinski definition) is 2. The topological polar surface area (TPSA) is 114 Å². The van der Waals surface area contributed by atoms with Crippen LogP contribution >= 0.6 is 0 Å². The SMILES string of the molecule is O=C(NNC(=O)c1cccc(CN2CCOCC2)c1)c1ccc(Cn2nnc(-c3ccccc3)n2)cc1. The Bertz CT molecular complexity index is 1350. The largest absolute Gasteiger partial charge is 0.379 e. The van der Waals surface area contributed by atoms with Crippen LogP contribution in [0.4, 0.5) is 0 Å². The first-order chi connectivity index (χ1) is 18.1. The van der Waals surface area contributed by atoms with E-state index in [0.717, 1.165) is 49.5 Å². The van der Waals surface area contributed by atoms with Gasteiger partial charge in [-0.15, -0.1) is 10.2 Å². The number of aromatic nitrogens is 4. The predicted octanol–water partition coefficient (Wildman–Crippen LogP) is 2.30. The van der Waals surface area contributed by atoms with Crippen molar-refractivity contribution >= 4 is 11.8 Å². The lowest BCUT2D eigenvalue weighted by Crippen LogP contribution is -2.41. The summed E-state index contributed by atoms with van der Waals surface area (Å²) in [7, 11) is 0. The third-order valence-electron chi connectivity index (χ3n) is 6.01. The van der Waals surface area contributed by atoms with Gasteiger partial charge in [-0.25, -0.2) is 0 Å². The van der Waals surface area contributed by atoms with Gasteiger partial charge in [-0.2, -0.15) is 4.80 Å². The Morgan fingerprint density at radius 3 is 2.27 bits per heavy atom. The summed E-state index contributed by atoms with van der Waals surface area (Å²) in [5.41, 5.74) is 8.72. The molecule has 3 aromatic carbocycles. The highest BCUT2D eigenvalue weighted by Crippen LogP contribution is 2.13. The Morgan fingerprint density at radius 2 is 1.51 bits per heavy atom. The van der Waals surface area contributed by atoms with E-state index < -0.39 is 5.91 Å². The molecule has 2 heterocycles. The van der Waals surface area contributed by atoms with Crippen molar-refractivity contribution in [3.05, 3.63) is 101 Å². The molecule has 0 unspecified atom stereocenters. The molecule has 0 aliphatic carbocycles. The van der Waals surface area contributed by atoms with Crippen LogP contribution in [0, 0.1) is 0 Å². The van der Waals surface area contributed by atoms with Gasteiger partial charge in [0.15, 0.2) is 0 Å². The second kappa shape index (κ2) is 11.5. The molecular weight excluding hydrogens is 470 g/mol. The van der Waals surface area contributed by atoms with E-state index in [4.69, 9.17) is 4.74 Å². The summed E-state index contributed by atoms with van der Waals surface area (Å²) in [6.45, 7) is 4.35. The maximum absolute atomic E-state index is 12.6. The summed E-state index contributed by atoms with van der Waals surface area (Å²) in [5, 5.41) is 12.6. The van der Waals surface area contributed by atoms with Crippen molar-refractivity contribution in [2.45, 2.75) is 13.1 Å². The van der Waals surface area contributed by atoms with Gasteiger partial charge in [-0.1, -0.05) is 54.6 Å². The van der Waals surface area contributed by atoms with Gasteiger partial charge in [-0.3, -0.25) is 25.3 Å². The van der Waals surface area contributed by atoms with Gasteiger partial charge in [0, 0.05) is 36.3 Å². The number of morpholine rings is 1. The van der Waals surface area contributed by atoms with Crippen LogP contribution < -0.4 is 10.9 Å². The van der Waals surface area contributed by atoms with Crippen molar-refractivity contribution in [1.82, 2.24) is 36.0 Å². The molecule has 1 saturated heterocycles. The number of nitrogens with one attached hydrogen (secondary N) is 2. The fraction of sp³-hybridized carbons (Fsp3) is 0.222. The van der Waals surface area contributed by atoms with Crippen LogP contribution in [0.2, 0.25) is 0 Å². The number of tetrazole rings is 1. The highest BCUT2D eigenvalue weighted by Gasteiger charge is 2.13. The van der Waals surface area contributed by atoms with Crippen molar-refractivity contribution in [3.8, 4) is 11.4 Å². The highest BCUT2D eigenvalue weighted by molar-refractivity contribution is 5.99. The number of nitrogens with zero attached hydrogens (tertiary/aromatic N) is 5. The van der Waals surface area contributed by atoms with Crippen molar-refractivity contribution in [3.63, 3.8) is 0 Å². The molecule has 0 bridgehead atoms. The molecule has 0 spiro atoms. The molecule has 0 saturated carbocycles. The zero-order valence-electron chi connectivity index (χ0n) is 20.2. The summed E-state index contributed by atoms with van der Waals surface area (Å²) in [5.74, 6) is -0.228. The maximum Gasteiger partial charge on any atom is 0.269 e. The minimum atomic E-state index is -0.408. The van der Waals surface area contributed by atoms with Crippen LogP contribution in [0.5, 0.6) is 0 Å². The van der Waals surface area contributed by atoms with E-state index in [9.17, 15) is 9.59 Å². The summed E-state index contributed by atoms with van der Waals surface area (Å²) >= 11 is 0. The smallest absolute Gasteiger partial charge is 0.269 e. The van der Waals surface area contributed by atoms with E-state index in [1.807, 2.05) is 60.7 Å². The van der Waals surface area contributed by atoms with Gasteiger partial charge in [-0.05, 0) is 40.6 Å². The van der Waals surface area contributed by atoms with Gasteiger partial charge in [0.2, 0.25) is 5.82 Å². The molecular formula is C27H27N7O3. The maximum atomic E-state index is 12.6. The average Bonchev–Trinajstić information content (AvgIpc) is 3.41. The number of hydrogen-bond acceptors (Lipinski definition) is 7. The second-order valence-corrected chi connectivity index (χ2v) is 8.70. The zero-order chi connectivity index (χ0) is 25.5. The molecule has 37 heavy (non-hydrogen) atoms. The van der Waals surface area contributed by atoms with Gasteiger partial charge in [0.1, 0.15) is 0 Å². The third kappa shape index (κ3) is 6.43. The van der Waals surface area contributed by atoms with Crippen molar-refractivity contribution in [2.24, 2.45) is 0 Å². The Morgan fingerprint density at radius 1 is 0.784 bits per heavy atom. The van der Waals surface area contributed by atoms with E-state index in [2.05, 4.69) is 31.2 Å². The summed E-state index contributed by atoms with van der Waals surface area (Å²) in [6, 6.07) is 24.0. The highest BCUT2D eigenvalue weighted by atomic mass is 16.5. The molecule has 1 fully saturated rings. The van der Waals surface area contributed by atoms with Crippen molar-refractivity contribution in [2.75, 3.05) is 26.3 Å². The molecule has 2 amide bonds. The van der Waals surface area contributed by atoms with E-state index in [1.165, 1.54) is 4.80 Å². The number of rotatable bonds is 7. The summed E-state index contributed by atoms with van der Waals surface area (Å²) in [4.78, 5) is 28.9. The number of carbonyl (C=O) groups is 2. The van der Waals surface area contributed by atoms with Crippen LogP contribution in [0.15, 0.2) is 78.9 Å². The summed E-state index contributed by atoms with van der Waals surface area (Å²) < 4.78 is 5.38. The number of ether oxygens (including phenoxy) is 1. The van der Waals surface area contributed by atoms with Crippen molar-refractivity contribution < 1.29 is 14.3 Å². The van der Waals surface area contributed by atoms with Crippen molar-refractivity contribution in [1.29, 1.82) is 0 Å². The van der Waals surface area contributed by atoms with Gasteiger partial charge >= 0.3 is 0 Å². The van der Waals surface area contributed by atoms with Crippen LogP contribution in [-0.2, 0) is 17.8 Å². The molecule has 188 valence electrons. The van der Waals surface area contributed by atoms with Crippen LogP contribution in [-0.4, -0.2) is 63.2 Å². The molecule has 1 aliphatic heterocycles. The van der Waals surface area contributed by atoms with Crippen LogP contribution in [0.25, 0.3) is 11.4 Å². The lowest BCUT2D eigenvalue weighted by Gasteiger charge is -2.26.